The van der Waals surface area contributed by atoms with E-state index in [1.807, 2.05) is 0 Å². The van der Waals surface area contributed by atoms with Gasteiger partial charge in [-0.1, -0.05) is 27.7 Å². The van der Waals surface area contributed by atoms with Gasteiger partial charge in [0, 0.05) is 29.9 Å². The number of nitrogens with one attached hydrogen (secondary N) is 1. The topological polar surface area (TPSA) is 37.8 Å². The van der Waals surface area contributed by atoms with E-state index in [2.05, 4.69) is 56.8 Å². The molecule has 0 aliphatic heterocycles. The first-order chi connectivity index (χ1) is 8.33. The summed E-state index contributed by atoms with van der Waals surface area (Å²) in [4.78, 5) is 9.29. The predicted molar refractivity (Wildman–Crippen MR) is 76.7 cm³/mol. The molecule has 18 heavy (non-hydrogen) atoms. The van der Waals surface area contributed by atoms with Gasteiger partial charge in [-0.05, 0) is 32.2 Å². The van der Waals surface area contributed by atoms with Gasteiger partial charge in [0.05, 0.1) is 0 Å². The van der Waals surface area contributed by atoms with Gasteiger partial charge in [-0.25, -0.2) is 9.97 Å². The Morgan fingerprint density at radius 1 is 1.06 bits per heavy atom. The van der Waals surface area contributed by atoms with E-state index in [0.29, 0.717) is 0 Å². The van der Waals surface area contributed by atoms with Gasteiger partial charge in [0.25, 0.3) is 0 Å². The van der Waals surface area contributed by atoms with E-state index in [4.69, 9.17) is 0 Å². The van der Waals surface area contributed by atoms with Crippen LogP contribution < -0.4 is 5.32 Å². The molecule has 0 fully saturated rings. The summed E-state index contributed by atoms with van der Waals surface area (Å²) in [5, 5.41) is 3.42. The van der Waals surface area contributed by atoms with Gasteiger partial charge in [-0.3, -0.25) is 0 Å². The van der Waals surface area contributed by atoms with Crippen LogP contribution in [0.4, 0.5) is 0 Å². The number of rotatable bonds is 5. The number of nitrogens with zero attached hydrogens (tertiary/aromatic N) is 2. The summed E-state index contributed by atoms with van der Waals surface area (Å²) in [6.45, 7) is 14.9. The zero-order valence-corrected chi connectivity index (χ0v) is 12.7. The van der Waals surface area contributed by atoms with Gasteiger partial charge >= 0.3 is 0 Å². The number of hydrogen-bond acceptors (Lipinski definition) is 3. The van der Waals surface area contributed by atoms with E-state index in [1.165, 1.54) is 5.56 Å². The molecule has 0 bridgehead atoms. The smallest absolute Gasteiger partial charge is 0.129 e. The predicted octanol–water partition coefficient (Wildman–Crippen LogP) is 3.18. The van der Waals surface area contributed by atoms with Gasteiger partial charge in [-0.15, -0.1) is 0 Å². The van der Waals surface area contributed by atoms with Crippen molar-refractivity contribution < 1.29 is 0 Å². The lowest BCUT2D eigenvalue weighted by atomic mass is 9.92. The lowest BCUT2D eigenvalue weighted by Crippen LogP contribution is -2.19. The maximum absolute atomic E-state index is 4.65. The van der Waals surface area contributed by atoms with Crippen LogP contribution in [0.3, 0.4) is 0 Å². The SMILES string of the molecule is CCCNCc1c(C)nc(CC(C)(C)C)nc1C. The van der Waals surface area contributed by atoms with Crippen molar-refractivity contribution in [2.75, 3.05) is 6.54 Å². The van der Waals surface area contributed by atoms with Crippen molar-refractivity contribution in [3.63, 3.8) is 0 Å². The highest BCUT2D eigenvalue weighted by Crippen LogP contribution is 2.20. The van der Waals surface area contributed by atoms with Gasteiger partial charge in [-0.2, -0.15) is 0 Å². The molecule has 102 valence electrons. The molecule has 1 heterocycles. The van der Waals surface area contributed by atoms with Crippen LogP contribution in [0.1, 0.15) is 56.9 Å². The number of aryl methyl sites for hydroxylation is 2. The minimum absolute atomic E-state index is 0.237. The number of hydrogen-bond donors (Lipinski definition) is 1. The fourth-order valence-corrected chi connectivity index (χ4v) is 2.01. The quantitative estimate of drug-likeness (QED) is 0.814. The average Bonchev–Trinajstić information content (AvgIpc) is 2.19. The second-order valence-electron chi connectivity index (χ2n) is 6.20. The molecular weight excluding hydrogens is 222 g/mol. The molecular formula is C15H27N3. The summed E-state index contributed by atoms with van der Waals surface area (Å²) in [6, 6.07) is 0. The third-order valence-electron chi connectivity index (χ3n) is 2.88. The van der Waals surface area contributed by atoms with Crippen LogP contribution in [0.5, 0.6) is 0 Å². The first-order valence-corrected chi connectivity index (χ1v) is 6.87. The Morgan fingerprint density at radius 3 is 2.06 bits per heavy atom. The van der Waals surface area contributed by atoms with Crippen LogP contribution in [-0.4, -0.2) is 16.5 Å². The van der Waals surface area contributed by atoms with E-state index in [-0.39, 0.29) is 5.41 Å². The van der Waals surface area contributed by atoms with Crippen LogP contribution >= 0.6 is 0 Å². The number of aromatic nitrogens is 2. The Kier molecular flexibility index (Phi) is 5.27. The largest absolute Gasteiger partial charge is 0.313 e. The van der Waals surface area contributed by atoms with Gasteiger partial charge < -0.3 is 5.32 Å². The van der Waals surface area contributed by atoms with Gasteiger partial charge in [0.15, 0.2) is 0 Å². The van der Waals surface area contributed by atoms with Crippen LogP contribution in [-0.2, 0) is 13.0 Å². The Bertz CT molecular complexity index is 368. The molecule has 0 radical (unpaired) electrons. The lowest BCUT2D eigenvalue weighted by Gasteiger charge is -2.18. The molecule has 0 aliphatic rings. The standard InChI is InChI=1S/C15H27N3/c1-7-8-16-10-13-11(2)17-14(18-12(13)3)9-15(4,5)6/h16H,7-10H2,1-6H3. The molecule has 0 spiro atoms. The summed E-state index contributed by atoms with van der Waals surface area (Å²) in [5.41, 5.74) is 3.72. The Labute approximate surface area is 111 Å². The van der Waals surface area contributed by atoms with Crippen LogP contribution in [0.2, 0.25) is 0 Å². The molecule has 3 heteroatoms. The zero-order chi connectivity index (χ0) is 13.8. The highest BCUT2D eigenvalue weighted by Gasteiger charge is 2.15. The van der Waals surface area contributed by atoms with Gasteiger partial charge in [0.2, 0.25) is 0 Å². The van der Waals surface area contributed by atoms with Crippen molar-refractivity contribution in [1.82, 2.24) is 15.3 Å². The van der Waals surface area contributed by atoms with E-state index in [1.54, 1.807) is 0 Å². The minimum atomic E-state index is 0.237. The summed E-state index contributed by atoms with van der Waals surface area (Å²) in [6.07, 6.45) is 2.08. The molecule has 1 aromatic rings. The summed E-state index contributed by atoms with van der Waals surface area (Å²) in [7, 11) is 0. The second kappa shape index (κ2) is 6.28. The maximum Gasteiger partial charge on any atom is 0.129 e. The molecule has 0 unspecified atom stereocenters. The lowest BCUT2D eigenvalue weighted by molar-refractivity contribution is 0.399. The van der Waals surface area contributed by atoms with Crippen molar-refractivity contribution in [3.8, 4) is 0 Å². The molecule has 1 aromatic heterocycles. The van der Waals surface area contributed by atoms with Crippen molar-refractivity contribution in [1.29, 1.82) is 0 Å². The molecule has 0 aliphatic carbocycles. The zero-order valence-electron chi connectivity index (χ0n) is 12.7. The molecule has 0 atom stereocenters. The average molecular weight is 249 g/mol. The van der Waals surface area contributed by atoms with Crippen LogP contribution in [0, 0.1) is 19.3 Å². The van der Waals surface area contributed by atoms with Crippen molar-refractivity contribution in [3.05, 3.63) is 22.8 Å². The molecule has 0 saturated heterocycles. The summed E-state index contributed by atoms with van der Waals surface area (Å²) in [5.74, 6) is 0.969. The fourth-order valence-electron chi connectivity index (χ4n) is 2.01. The van der Waals surface area contributed by atoms with Crippen molar-refractivity contribution >= 4 is 0 Å². The third kappa shape index (κ3) is 4.73. The van der Waals surface area contributed by atoms with Crippen molar-refractivity contribution in [2.24, 2.45) is 5.41 Å². The highest BCUT2D eigenvalue weighted by atomic mass is 14.9. The first kappa shape index (κ1) is 15.1. The first-order valence-electron chi connectivity index (χ1n) is 6.87. The normalized spacial score (nSPS) is 11.9. The monoisotopic (exact) mass is 249 g/mol. The van der Waals surface area contributed by atoms with Crippen LogP contribution in [0.25, 0.3) is 0 Å². The Morgan fingerprint density at radius 2 is 1.61 bits per heavy atom. The third-order valence-corrected chi connectivity index (χ3v) is 2.88. The molecule has 1 N–H and O–H groups in total. The minimum Gasteiger partial charge on any atom is -0.313 e. The van der Waals surface area contributed by atoms with Crippen LogP contribution in [0.15, 0.2) is 0 Å². The molecule has 1 rings (SSSR count). The highest BCUT2D eigenvalue weighted by molar-refractivity contribution is 5.24. The Hall–Kier alpha value is -0.960. The molecule has 0 aromatic carbocycles. The molecule has 3 nitrogen and oxygen atoms in total. The maximum atomic E-state index is 4.65. The summed E-state index contributed by atoms with van der Waals surface area (Å²) < 4.78 is 0. The molecule has 0 saturated carbocycles. The molecule has 0 amide bonds. The van der Waals surface area contributed by atoms with E-state index in [9.17, 15) is 0 Å². The van der Waals surface area contributed by atoms with E-state index >= 15 is 0 Å². The second-order valence-corrected chi connectivity index (χ2v) is 6.20. The fraction of sp³-hybridized carbons (Fsp3) is 0.733. The van der Waals surface area contributed by atoms with E-state index < -0.39 is 0 Å². The van der Waals surface area contributed by atoms with Gasteiger partial charge in [0.1, 0.15) is 5.82 Å². The summed E-state index contributed by atoms with van der Waals surface area (Å²) >= 11 is 0. The van der Waals surface area contributed by atoms with Crippen molar-refractivity contribution in [2.45, 2.75) is 60.9 Å². The Balaban J connectivity index is 2.84. The van der Waals surface area contributed by atoms with E-state index in [0.717, 1.165) is 43.1 Å².